The number of nitrogens with two attached hydrogens (primary N) is 1. The standard InChI is InChI=1S/C15H20N2O/c1-17(9-10-18)15(11-16)14-8-4-6-12-5-2-3-7-13(12)14/h2-8,15,18H,9-11,16H2,1H3. The Bertz CT molecular complexity index is 507. The second-order valence-electron chi connectivity index (χ2n) is 4.52. The monoisotopic (exact) mass is 244 g/mol. The summed E-state index contributed by atoms with van der Waals surface area (Å²) in [5.41, 5.74) is 7.13. The third kappa shape index (κ3) is 2.53. The first-order valence-electron chi connectivity index (χ1n) is 6.26. The van der Waals surface area contributed by atoms with Crippen molar-refractivity contribution in [2.45, 2.75) is 6.04 Å². The number of benzene rings is 2. The summed E-state index contributed by atoms with van der Waals surface area (Å²) in [6.07, 6.45) is 0. The summed E-state index contributed by atoms with van der Waals surface area (Å²) in [7, 11) is 2.00. The maximum absolute atomic E-state index is 9.06. The van der Waals surface area contributed by atoms with E-state index in [0.717, 1.165) is 0 Å². The van der Waals surface area contributed by atoms with Crippen molar-refractivity contribution in [1.82, 2.24) is 4.90 Å². The summed E-state index contributed by atoms with van der Waals surface area (Å²) in [5.74, 6) is 0. The Morgan fingerprint density at radius 2 is 1.89 bits per heavy atom. The number of fused-ring (bicyclic) bond motifs is 1. The van der Waals surface area contributed by atoms with Crippen molar-refractivity contribution in [3.63, 3.8) is 0 Å². The summed E-state index contributed by atoms with van der Waals surface area (Å²) >= 11 is 0. The summed E-state index contributed by atoms with van der Waals surface area (Å²) in [5, 5.41) is 11.5. The molecule has 2 aromatic carbocycles. The fraction of sp³-hybridized carbons (Fsp3) is 0.333. The van der Waals surface area contributed by atoms with Crippen LogP contribution in [0.5, 0.6) is 0 Å². The second kappa shape index (κ2) is 5.96. The molecule has 0 heterocycles. The van der Waals surface area contributed by atoms with Crippen LogP contribution >= 0.6 is 0 Å². The molecule has 0 aliphatic heterocycles. The van der Waals surface area contributed by atoms with Gasteiger partial charge in [0.2, 0.25) is 0 Å². The molecule has 0 saturated heterocycles. The highest BCUT2D eigenvalue weighted by atomic mass is 16.3. The lowest BCUT2D eigenvalue weighted by Gasteiger charge is -2.27. The van der Waals surface area contributed by atoms with E-state index in [-0.39, 0.29) is 12.6 Å². The van der Waals surface area contributed by atoms with Crippen LogP contribution in [0.3, 0.4) is 0 Å². The molecule has 18 heavy (non-hydrogen) atoms. The molecule has 0 aliphatic rings. The molecular weight excluding hydrogens is 224 g/mol. The topological polar surface area (TPSA) is 49.5 Å². The lowest BCUT2D eigenvalue weighted by atomic mass is 9.98. The van der Waals surface area contributed by atoms with Gasteiger partial charge in [0.25, 0.3) is 0 Å². The molecule has 3 nitrogen and oxygen atoms in total. The molecule has 1 unspecified atom stereocenters. The molecular formula is C15H20N2O. The van der Waals surface area contributed by atoms with Crippen molar-refractivity contribution in [1.29, 1.82) is 0 Å². The number of aliphatic hydroxyl groups is 1. The average Bonchev–Trinajstić information content (AvgIpc) is 2.40. The van der Waals surface area contributed by atoms with Crippen LogP contribution in [0.2, 0.25) is 0 Å². The van der Waals surface area contributed by atoms with Crippen molar-refractivity contribution in [3.8, 4) is 0 Å². The van der Waals surface area contributed by atoms with Crippen molar-refractivity contribution in [2.75, 3.05) is 26.7 Å². The Kier molecular flexibility index (Phi) is 4.31. The highest BCUT2D eigenvalue weighted by Crippen LogP contribution is 2.26. The Morgan fingerprint density at radius 3 is 2.61 bits per heavy atom. The number of aliphatic hydroxyl groups excluding tert-OH is 1. The van der Waals surface area contributed by atoms with E-state index in [1.54, 1.807) is 0 Å². The van der Waals surface area contributed by atoms with Crippen LogP contribution in [-0.2, 0) is 0 Å². The maximum atomic E-state index is 9.06. The third-order valence-corrected chi connectivity index (χ3v) is 3.39. The number of hydrogen-bond donors (Lipinski definition) is 2. The predicted molar refractivity (Wildman–Crippen MR) is 75.5 cm³/mol. The molecule has 0 fully saturated rings. The molecule has 0 aromatic heterocycles. The van der Waals surface area contributed by atoms with E-state index in [2.05, 4.69) is 35.2 Å². The fourth-order valence-electron chi connectivity index (χ4n) is 2.40. The van der Waals surface area contributed by atoms with E-state index in [1.165, 1.54) is 16.3 Å². The highest BCUT2D eigenvalue weighted by molar-refractivity contribution is 5.86. The van der Waals surface area contributed by atoms with E-state index in [0.29, 0.717) is 13.1 Å². The summed E-state index contributed by atoms with van der Waals surface area (Å²) < 4.78 is 0. The first-order chi connectivity index (χ1) is 8.77. The van der Waals surface area contributed by atoms with Gasteiger partial charge < -0.3 is 10.8 Å². The van der Waals surface area contributed by atoms with Crippen LogP contribution < -0.4 is 5.73 Å². The molecule has 0 spiro atoms. The van der Waals surface area contributed by atoms with Crippen molar-refractivity contribution < 1.29 is 5.11 Å². The van der Waals surface area contributed by atoms with Crippen molar-refractivity contribution >= 4 is 10.8 Å². The first kappa shape index (κ1) is 13.0. The van der Waals surface area contributed by atoms with Gasteiger partial charge in [-0.15, -0.1) is 0 Å². The van der Waals surface area contributed by atoms with Gasteiger partial charge in [0, 0.05) is 19.1 Å². The minimum Gasteiger partial charge on any atom is -0.395 e. The zero-order valence-electron chi connectivity index (χ0n) is 10.7. The van der Waals surface area contributed by atoms with Gasteiger partial charge in [0.1, 0.15) is 0 Å². The molecule has 3 N–H and O–H groups in total. The van der Waals surface area contributed by atoms with Crippen LogP contribution in [0, 0.1) is 0 Å². The average molecular weight is 244 g/mol. The zero-order valence-corrected chi connectivity index (χ0v) is 10.7. The van der Waals surface area contributed by atoms with E-state index >= 15 is 0 Å². The van der Waals surface area contributed by atoms with Gasteiger partial charge in [-0.1, -0.05) is 42.5 Å². The predicted octanol–water partition coefficient (Wildman–Crippen LogP) is 1.76. The molecule has 0 bridgehead atoms. The van der Waals surface area contributed by atoms with Crippen LogP contribution in [0.1, 0.15) is 11.6 Å². The third-order valence-electron chi connectivity index (χ3n) is 3.39. The van der Waals surface area contributed by atoms with Gasteiger partial charge >= 0.3 is 0 Å². The lowest BCUT2D eigenvalue weighted by Crippen LogP contribution is -2.32. The Balaban J connectivity index is 2.44. The van der Waals surface area contributed by atoms with Crippen molar-refractivity contribution in [2.24, 2.45) is 5.73 Å². The van der Waals surface area contributed by atoms with Gasteiger partial charge in [-0.05, 0) is 23.4 Å². The Hall–Kier alpha value is -1.42. The van der Waals surface area contributed by atoms with Crippen molar-refractivity contribution in [3.05, 3.63) is 48.0 Å². The van der Waals surface area contributed by atoms with Gasteiger partial charge in [0.05, 0.1) is 6.61 Å². The summed E-state index contributed by atoms with van der Waals surface area (Å²) in [6, 6.07) is 14.8. The SMILES string of the molecule is CN(CCO)C(CN)c1cccc2ccccc12. The number of hydrogen-bond acceptors (Lipinski definition) is 3. The minimum atomic E-state index is 0.142. The van der Waals surface area contributed by atoms with E-state index in [9.17, 15) is 0 Å². The zero-order chi connectivity index (χ0) is 13.0. The lowest BCUT2D eigenvalue weighted by molar-refractivity contribution is 0.184. The number of rotatable bonds is 5. The van der Waals surface area contributed by atoms with E-state index in [1.807, 2.05) is 19.2 Å². The highest BCUT2D eigenvalue weighted by Gasteiger charge is 2.16. The number of likely N-dealkylation sites (N-methyl/N-ethyl adjacent to an activating group) is 1. The molecule has 2 aromatic rings. The fourth-order valence-corrected chi connectivity index (χ4v) is 2.40. The van der Waals surface area contributed by atoms with Crippen LogP contribution in [0.4, 0.5) is 0 Å². The quantitative estimate of drug-likeness (QED) is 0.842. The molecule has 0 saturated carbocycles. The Morgan fingerprint density at radius 1 is 1.17 bits per heavy atom. The first-order valence-corrected chi connectivity index (χ1v) is 6.26. The summed E-state index contributed by atoms with van der Waals surface area (Å²) in [4.78, 5) is 2.10. The Labute approximate surface area is 108 Å². The van der Waals surface area contributed by atoms with Crippen LogP contribution in [0.25, 0.3) is 10.8 Å². The molecule has 3 heteroatoms. The van der Waals surface area contributed by atoms with Crippen LogP contribution in [-0.4, -0.2) is 36.8 Å². The maximum Gasteiger partial charge on any atom is 0.0558 e. The molecule has 1 atom stereocenters. The van der Waals surface area contributed by atoms with E-state index < -0.39 is 0 Å². The largest absolute Gasteiger partial charge is 0.395 e. The molecule has 0 amide bonds. The second-order valence-corrected chi connectivity index (χ2v) is 4.52. The summed E-state index contributed by atoms with van der Waals surface area (Å²) in [6.45, 7) is 1.33. The van der Waals surface area contributed by atoms with E-state index in [4.69, 9.17) is 10.8 Å². The van der Waals surface area contributed by atoms with Gasteiger partial charge in [0.15, 0.2) is 0 Å². The molecule has 2 rings (SSSR count). The smallest absolute Gasteiger partial charge is 0.0558 e. The molecule has 0 aliphatic carbocycles. The van der Waals surface area contributed by atoms with Gasteiger partial charge in [-0.25, -0.2) is 0 Å². The van der Waals surface area contributed by atoms with Gasteiger partial charge in [-0.3, -0.25) is 4.90 Å². The normalized spacial score (nSPS) is 13.1. The minimum absolute atomic E-state index is 0.142. The molecule has 96 valence electrons. The molecule has 0 radical (unpaired) electrons. The number of nitrogens with zero attached hydrogens (tertiary/aromatic N) is 1. The van der Waals surface area contributed by atoms with Crippen LogP contribution in [0.15, 0.2) is 42.5 Å². The van der Waals surface area contributed by atoms with Gasteiger partial charge in [-0.2, -0.15) is 0 Å².